The molecule has 0 spiro atoms. The molecule has 2 rings (SSSR count). The highest BCUT2D eigenvalue weighted by atomic mass is 16.6. The van der Waals surface area contributed by atoms with Crippen molar-refractivity contribution in [1.82, 2.24) is 5.32 Å². The van der Waals surface area contributed by atoms with Gasteiger partial charge in [0.25, 0.3) is 5.69 Å². The number of hydrogen-bond donors (Lipinski definition) is 1. The summed E-state index contributed by atoms with van der Waals surface area (Å²) >= 11 is 0. The largest absolute Gasteiger partial charge is 0.352 e. The lowest BCUT2D eigenvalue weighted by atomic mass is 10.0. The van der Waals surface area contributed by atoms with Crippen LogP contribution in [0.1, 0.15) is 16.7 Å². The number of carbonyl (C=O) groups excluding carboxylic acids is 1. The summed E-state index contributed by atoms with van der Waals surface area (Å²) in [4.78, 5) is 22.4. The van der Waals surface area contributed by atoms with Crippen molar-refractivity contribution in [1.29, 1.82) is 0 Å². The molecule has 1 N–H and O–H groups in total. The number of amides is 1. The zero-order valence-corrected chi connectivity index (χ0v) is 11.7. The quantitative estimate of drug-likeness (QED) is 0.677. The van der Waals surface area contributed by atoms with Gasteiger partial charge in [-0.05, 0) is 18.1 Å². The van der Waals surface area contributed by atoms with Crippen molar-refractivity contribution in [2.75, 3.05) is 0 Å². The Labute approximate surface area is 122 Å². The SMILES string of the molecule is Cc1c(CC(=O)NCc2ccccc2)cccc1[N+](=O)[O-]. The highest BCUT2D eigenvalue weighted by Gasteiger charge is 2.14. The number of hydrogen-bond acceptors (Lipinski definition) is 3. The summed E-state index contributed by atoms with van der Waals surface area (Å²) in [6.07, 6.45) is 0.139. The lowest BCUT2D eigenvalue weighted by Crippen LogP contribution is -2.24. The first-order chi connectivity index (χ1) is 10.1. The summed E-state index contributed by atoms with van der Waals surface area (Å²) in [5.41, 5.74) is 2.28. The minimum atomic E-state index is -0.430. The van der Waals surface area contributed by atoms with Crippen LogP contribution in [0.2, 0.25) is 0 Å². The zero-order valence-electron chi connectivity index (χ0n) is 11.7. The second kappa shape index (κ2) is 6.65. The third-order valence-electron chi connectivity index (χ3n) is 3.30. The molecule has 0 heterocycles. The Morgan fingerprint density at radius 1 is 1.14 bits per heavy atom. The first kappa shape index (κ1) is 14.7. The fraction of sp³-hybridized carbons (Fsp3) is 0.188. The highest BCUT2D eigenvalue weighted by Crippen LogP contribution is 2.21. The second-order valence-electron chi connectivity index (χ2n) is 4.76. The average molecular weight is 284 g/mol. The van der Waals surface area contributed by atoms with Crippen LogP contribution in [0, 0.1) is 17.0 Å². The smallest absolute Gasteiger partial charge is 0.272 e. The van der Waals surface area contributed by atoms with Gasteiger partial charge in [-0.1, -0.05) is 42.5 Å². The number of nitro benzene ring substituents is 1. The summed E-state index contributed by atoms with van der Waals surface area (Å²) < 4.78 is 0. The number of nitro groups is 1. The van der Waals surface area contributed by atoms with E-state index in [2.05, 4.69) is 5.32 Å². The summed E-state index contributed by atoms with van der Waals surface area (Å²) in [6.45, 7) is 2.12. The van der Waals surface area contributed by atoms with E-state index in [4.69, 9.17) is 0 Å². The summed E-state index contributed by atoms with van der Waals surface area (Å²) in [5, 5.41) is 13.7. The zero-order chi connectivity index (χ0) is 15.2. The van der Waals surface area contributed by atoms with E-state index < -0.39 is 4.92 Å². The first-order valence-corrected chi connectivity index (χ1v) is 6.61. The Hall–Kier alpha value is -2.69. The topological polar surface area (TPSA) is 72.2 Å². The Morgan fingerprint density at radius 2 is 1.86 bits per heavy atom. The molecule has 0 aliphatic rings. The van der Waals surface area contributed by atoms with Gasteiger partial charge in [-0.25, -0.2) is 0 Å². The number of nitrogens with one attached hydrogen (secondary N) is 1. The standard InChI is InChI=1S/C16H16N2O3/c1-12-14(8-5-9-15(12)18(20)21)10-16(19)17-11-13-6-3-2-4-7-13/h2-9H,10-11H2,1H3,(H,17,19). The number of rotatable bonds is 5. The van der Waals surface area contributed by atoms with Crippen molar-refractivity contribution in [3.05, 3.63) is 75.3 Å². The van der Waals surface area contributed by atoms with Crippen LogP contribution in [0.25, 0.3) is 0 Å². The summed E-state index contributed by atoms with van der Waals surface area (Å²) in [5.74, 6) is -0.151. The van der Waals surface area contributed by atoms with Crippen LogP contribution in [-0.4, -0.2) is 10.8 Å². The van der Waals surface area contributed by atoms with Gasteiger partial charge >= 0.3 is 0 Å². The third kappa shape index (κ3) is 3.89. The molecule has 0 bridgehead atoms. The van der Waals surface area contributed by atoms with Crippen LogP contribution in [0.15, 0.2) is 48.5 Å². The molecule has 0 unspecified atom stereocenters. The molecule has 0 saturated heterocycles. The monoisotopic (exact) mass is 284 g/mol. The maximum absolute atomic E-state index is 11.9. The molecule has 0 aliphatic heterocycles. The number of carbonyl (C=O) groups is 1. The van der Waals surface area contributed by atoms with Gasteiger partial charge in [0.05, 0.1) is 11.3 Å². The predicted molar refractivity (Wildman–Crippen MR) is 79.8 cm³/mol. The van der Waals surface area contributed by atoms with Crippen molar-refractivity contribution in [2.45, 2.75) is 19.9 Å². The van der Waals surface area contributed by atoms with E-state index in [1.807, 2.05) is 30.3 Å². The maximum Gasteiger partial charge on any atom is 0.272 e. The molecular formula is C16H16N2O3. The molecule has 0 aromatic heterocycles. The molecule has 2 aromatic rings. The highest BCUT2D eigenvalue weighted by molar-refractivity contribution is 5.79. The number of nitrogens with zero attached hydrogens (tertiary/aromatic N) is 1. The molecule has 0 aliphatic carbocycles. The molecule has 0 atom stereocenters. The van der Waals surface area contributed by atoms with Gasteiger partial charge in [-0.3, -0.25) is 14.9 Å². The van der Waals surface area contributed by atoms with Gasteiger partial charge in [0.2, 0.25) is 5.91 Å². The van der Waals surface area contributed by atoms with Crippen LogP contribution in [0.3, 0.4) is 0 Å². The molecule has 5 heteroatoms. The average Bonchev–Trinajstić information content (AvgIpc) is 2.48. The minimum absolute atomic E-state index is 0.0448. The molecule has 108 valence electrons. The Kier molecular flexibility index (Phi) is 4.66. The Morgan fingerprint density at radius 3 is 2.52 bits per heavy atom. The third-order valence-corrected chi connectivity index (χ3v) is 3.30. The van der Waals surface area contributed by atoms with Gasteiger partial charge in [0.1, 0.15) is 0 Å². The molecule has 21 heavy (non-hydrogen) atoms. The molecule has 5 nitrogen and oxygen atoms in total. The van der Waals surface area contributed by atoms with Crippen LogP contribution >= 0.6 is 0 Å². The van der Waals surface area contributed by atoms with E-state index in [9.17, 15) is 14.9 Å². The van der Waals surface area contributed by atoms with Crippen molar-refractivity contribution < 1.29 is 9.72 Å². The normalized spacial score (nSPS) is 10.1. The summed E-state index contributed by atoms with van der Waals surface area (Å²) in [6, 6.07) is 14.4. The van der Waals surface area contributed by atoms with Crippen LogP contribution in [0.5, 0.6) is 0 Å². The lowest BCUT2D eigenvalue weighted by Gasteiger charge is -2.08. The molecular weight excluding hydrogens is 268 g/mol. The first-order valence-electron chi connectivity index (χ1n) is 6.61. The van der Waals surface area contributed by atoms with E-state index >= 15 is 0 Å². The fourth-order valence-corrected chi connectivity index (χ4v) is 2.09. The van der Waals surface area contributed by atoms with Crippen molar-refractivity contribution in [3.63, 3.8) is 0 Å². The fourth-order valence-electron chi connectivity index (χ4n) is 2.09. The van der Waals surface area contributed by atoms with Crippen LogP contribution < -0.4 is 5.32 Å². The molecule has 0 fully saturated rings. The molecule has 2 aromatic carbocycles. The lowest BCUT2D eigenvalue weighted by molar-refractivity contribution is -0.385. The van der Waals surface area contributed by atoms with Crippen molar-refractivity contribution >= 4 is 11.6 Å². The number of benzene rings is 2. The molecule has 0 radical (unpaired) electrons. The van der Waals surface area contributed by atoms with Gasteiger partial charge in [0.15, 0.2) is 0 Å². The van der Waals surface area contributed by atoms with E-state index in [1.165, 1.54) is 6.07 Å². The van der Waals surface area contributed by atoms with E-state index in [0.717, 1.165) is 5.56 Å². The Balaban J connectivity index is 2.00. The van der Waals surface area contributed by atoms with Crippen LogP contribution in [-0.2, 0) is 17.8 Å². The van der Waals surface area contributed by atoms with Crippen LogP contribution in [0.4, 0.5) is 5.69 Å². The second-order valence-corrected chi connectivity index (χ2v) is 4.76. The van der Waals surface area contributed by atoms with E-state index in [-0.39, 0.29) is 18.0 Å². The maximum atomic E-state index is 11.9. The summed E-state index contributed by atoms with van der Waals surface area (Å²) in [7, 11) is 0. The molecule has 0 saturated carbocycles. The van der Waals surface area contributed by atoms with E-state index in [0.29, 0.717) is 17.7 Å². The van der Waals surface area contributed by atoms with Gasteiger partial charge < -0.3 is 5.32 Å². The van der Waals surface area contributed by atoms with E-state index in [1.54, 1.807) is 19.1 Å². The minimum Gasteiger partial charge on any atom is -0.352 e. The van der Waals surface area contributed by atoms with Gasteiger partial charge in [0, 0.05) is 18.2 Å². The Bertz CT molecular complexity index is 654. The van der Waals surface area contributed by atoms with Gasteiger partial charge in [-0.15, -0.1) is 0 Å². The van der Waals surface area contributed by atoms with Crippen molar-refractivity contribution in [2.24, 2.45) is 0 Å². The van der Waals surface area contributed by atoms with Gasteiger partial charge in [-0.2, -0.15) is 0 Å². The van der Waals surface area contributed by atoms with Crippen molar-refractivity contribution in [3.8, 4) is 0 Å². The predicted octanol–water partition coefficient (Wildman–Crippen LogP) is 2.76. The molecule has 1 amide bonds.